The number of fused-ring (bicyclic) bond motifs is 2. The molecule has 4 aromatic carbocycles. The van der Waals surface area contributed by atoms with Crippen LogP contribution in [0.2, 0.25) is 9.36 Å². The molecule has 0 spiro atoms. The fourth-order valence-corrected chi connectivity index (χ4v) is 34.0. The van der Waals surface area contributed by atoms with Gasteiger partial charge in [-0.05, 0) is 0 Å². The third kappa shape index (κ3) is 5.33. The van der Waals surface area contributed by atoms with Gasteiger partial charge in [0.2, 0.25) is 0 Å². The van der Waals surface area contributed by atoms with Crippen LogP contribution in [0.25, 0.3) is 34.4 Å². The molecule has 0 saturated heterocycles. The van der Waals surface area contributed by atoms with Gasteiger partial charge in [0.25, 0.3) is 0 Å². The van der Waals surface area contributed by atoms with Gasteiger partial charge in [0.1, 0.15) is 0 Å². The summed E-state index contributed by atoms with van der Waals surface area (Å²) in [6, 6.07) is 31.5. The van der Waals surface area contributed by atoms with Gasteiger partial charge in [-0.2, -0.15) is 0 Å². The van der Waals surface area contributed by atoms with Gasteiger partial charge < -0.3 is 0 Å². The topological polar surface area (TPSA) is 18.5 Å². The molecule has 0 amide bonds. The van der Waals surface area contributed by atoms with E-state index in [1.165, 1.54) is 59.1 Å². The maximum absolute atomic E-state index is 5.95. The quantitative estimate of drug-likeness (QED) is 0.166. The molecule has 46 heavy (non-hydrogen) atoms. The Morgan fingerprint density at radius 3 is 1.37 bits per heavy atom. The summed E-state index contributed by atoms with van der Waals surface area (Å²) in [7, 11) is 0. The van der Waals surface area contributed by atoms with Crippen molar-refractivity contribution in [3.05, 3.63) is 119 Å². The van der Waals surface area contributed by atoms with Crippen molar-refractivity contribution in [1.82, 2.24) is 0 Å². The van der Waals surface area contributed by atoms with Gasteiger partial charge in [-0.15, -0.1) is 0 Å². The van der Waals surface area contributed by atoms with E-state index in [1.807, 2.05) is 3.26 Å². The number of ether oxygens (including phenoxy) is 2. The molecule has 236 valence electrons. The molecule has 3 heteroatoms. The van der Waals surface area contributed by atoms with Crippen LogP contribution < -0.4 is 9.47 Å². The first-order valence-corrected chi connectivity index (χ1v) is 30.5. The predicted molar refractivity (Wildman–Crippen MR) is 194 cm³/mol. The Bertz CT molecular complexity index is 1760. The molecule has 3 aliphatic rings. The summed E-state index contributed by atoms with van der Waals surface area (Å²) in [4.78, 5) is 0. The molecule has 0 radical (unpaired) electrons. The average molecular weight is 775 g/mol. The molecule has 0 bridgehead atoms. The Kier molecular flexibility index (Phi) is 8.20. The zero-order chi connectivity index (χ0) is 32.1. The zero-order valence-corrected chi connectivity index (χ0v) is 31.9. The number of hydrogen-bond donors (Lipinski definition) is 0. The first-order valence-electron chi connectivity index (χ1n) is 17.3. The Morgan fingerprint density at radius 2 is 0.978 bits per heavy atom. The van der Waals surface area contributed by atoms with Gasteiger partial charge in [0.15, 0.2) is 0 Å². The summed E-state index contributed by atoms with van der Waals surface area (Å²) >= 11 is -3.97. The summed E-state index contributed by atoms with van der Waals surface area (Å²) in [5, 5.41) is 0. The Hall–Kier alpha value is -3.30. The van der Waals surface area contributed by atoms with E-state index in [1.54, 1.807) is 11.1 Å². The van der Waals surface area contributed by atoms with Gasteiger partial charge in [0, 0.05) is 0 Å². The van der Waals surface area contributed by atoms with E-state index in [-0.39, 0.29) is 12.2 Å². The van der Waals surface area contributed by atoms with Crippen molar-refractivity contribution in [3.8, 4) is 33.8 Å². The van der Waals surface area contributed by atoms with Crippen LogP contribution in [-0.4, -0.2) is 15.5 Å². The van der Waals surface area contributed by atoms with Crippen LogP contribution >= 0.6 is 0 Å². The number of allylic oxidation sites excluding steroid dienone is 2. The van der Waals surface area contributed by atoms with E-state index in [0.717, 1.165) is 11.5 Å². The van der Waals surface area contributed by atoms with Crippen LogP contribution in [-0.2, 0) is 18.0 Å². The van der Waals surface area contributed by atoms with Crippen molar-refractivity contribution in [1.29, 1.82) is 0 Å². The molecule has 0 heterocycles. The summed E-state index contributed by atoms with van der Waals surface area (Å²) in [6.07, 6.45) is 15.8. The summed E-state index contributed by atoms with van der Waals surface area (Å²) in [5.41, 5.74) is 11.1. The number of benzene rings is 4. The third-order valence-corrected chi connectivity index (χ3v) is 38.4. The molecule has 0 aromatic heterocycles. The van der Waals surface area contributed by atoms with Gasteiger partial charge >= 0.3 is 278 Å². The van der Waals surface area contributed by atoms with Crippen LogP contribution in [0.4, 0.5) is 0 Å². The fourth-order valence-electron chi connectivity index (χ4n) is 8.92. The van der Waals surface area contributed by atoms with E-state index >= 15 is 0 Å². The van der Waals surface area contributed by atoms with Crippen molar-refractivity contribution in [2.75, 3.05) is 0 Å². The monoisotopic (exact) mass is 776 g/mol. The molecule has 2 unspecified atom stereocenters. The second-order valence-electron chi connectivity index (χ2n) is 15.1. The van der Waals surface area contributed by atoms with E-state index in [2.05, 4.69) is 146 Å². The van der Waals surface area contributed by atoms with Crippen LogP contribution in [0.1, 0.15) is 83.0 Å². The van der Waals surface area contributed by atoms with E-state index in [4.69, 9.17) is 9.47 Å². The normalized spacial score (nSPS) is 18.8. The molecule has 2 atom stereocenters. The fraction of sp³-hybridized carbons (Fsp3) is 0.326. The first-order chi connectivity index (χ1) is 22.1. The van der Waals surface area contributed by atoms with E-state index in [0.29, 0.717) is 7.35 Å². The molecule has 0 aliphatic heterocycles. The maximum atomic E-state index is 5.95. The summed E-state index contributed by atoms with van der Waals surface area (Å²) < 4.78 is 20.4. The number of rotatable bonds is 8. The second-order valence-corrected chi connectivity index (χ2v) is 40.9. The van der Waals surface area contributed by atoms with E-state index < -0.39 is 18.0 Å². The van der Waals surface area contributed by atoms with Gasteiger partial charge in [-0.3, -0.25) is 0 Å². The van der Waals surface area contributed by atoms with Crippen molar-refractivity contribution >= 4 is 15.4 Å². The SMILES string of the molecule is CC(C)Oc1ccc(-c2cccc3c2C=C[CH]3[Hf]([CH3])([CH3])(=[C]2CCCC2)[CH]2C=Cc3c(-c4ccc(OC(C)C)cc4)cccc32)cc1. The van der Waals surface area contributed by atoms with Crippen molar-refractivity contribution in [2.45, 2.75) is 82.3 Å². The first kappa shape index (κ1) is 31.3. The second kappa shape index (κ2) is 12.1. The van der Waals surface area contributed by atoms with Crippen LogP contribution in [0.15, 0.2) is 97.1 Å². The van der Waals surface area contributed by atoms with Crippen molar-refractivity contribution in [2.24, 2.45) is 0 Å². The van der Waals surface area contributed by atoms with E-state index in [9.17, 15) is 0 Å². The van der Waals surface area contributed by atoms with Crippen LogP contribution in [0, 0.1) is 0 Å². The molecule has 1 saturated carbocycles. The minimum absolute atomic E-state index is 0.172. The Balaban J connectivity index is 1.31. The molecule has 0 N–H and O–H groups in total. The van der Waals surface area contributed by atoms with Gasteiger partial charge in [-0.1, -0.05) is 0 Å². The molecular weight excluding hydrogens is 727 g/mol. The third-order valence-electron chi connectivity index (χ3n) is 11.2. The summed E-state index contributed by atoms with van der Waals surface area (Å²) in [6.45, 7) is 8.31. The molecule has 2 nitrogen and oxygen atoms in total. The number of hydrogen-bond acceptors (Lipinski definition) is 2. The Labute approximate surface area is 276 Å². The molecule has 7 rings (SSSR count). The molecule has 3 aliphatic carbocycles. The average Bonchev–Trinajstić information content (AvgIpc) is 3.82. The predicted octanol–water partition coefficient (Wildman–Crippen LogP) is 12.0. The minimum atomic E-state index is -3.97. The van der Waals surface area contributed by atoms with Crippen LogP contribution in [0.3, 0.4) is 0 Å². The van der Waals surface area contributed by atoms with Gasteiger partial charge in [0.05, 0.1) is 0 Å². The molecular formula is C43H48HfO2. The van der Waals surface area contributed by atoms with Crippen LogP contribution in [0.5, 0.6) is 11.5 Å². The molecule has 4 aromatic rings. The van der Waals surface area contributed by atoms with Gasteiger partial charge in [-0.25, -0.2) is 0 Å². The Morgan fingerprint density at radius 1 is 0.565 bits per heavy atom. The standard InChI is InChI=1S/2C18H17O.C5H8.2CH3.Hf/c2*1-13(2)19-16-11-9-15(10-12-16)18-8-4-6-14-5-3-7-17(14)18;1-2-4-5-3-1;;;/h2*3-13H,1-2H3;1-4H2;2*1H3;. The molecule has 1 fully saturated rings. The van der Waals surface area contributed by atoms with Crippen molar-refractivity contribution < 1.29 is 27.5 Å². The van der Waals surface area contributed by atoms with Crippen molar-refractivity contribution in [3.63, 3.8) is 0 Å². The zero-order valence-electron chi connectivity index (χ0n) is 28.3. The summed E-state index contributed by atoms with van der Waals surface area (Å²) in [5.74, 6) is 1.86.